The molecule has 1 saturated heterocycles. The van der Waals surface area contributed by atoms with Gasteiger partial charge in [-0.2, -0.15) is 5.26 Å². The van der Waals surface area contributed by atoms with E-state index >= 15 is 0 Å². The lowest BCUT2D eigenvalue weighted by atomic mass is 10.0. The minimum atomic E-state index is -0.240. The Balaban J connectivity index is 1.60. The van der Waals surface area contributed by atoms with Crippen LogP contribution in [0.5, 0.6) is 0 Å². The van der Waals surface area contributed by atoms with Crippen LogP contribution < -0.4 is 20.9 Å². The molecule has 8 nitrogen and oxygen atoms in total. The first-order valence-corrected chi connectivity index (χ1v) is 9.33. The smallest absolute Gasteiger partial charge is 0.319 e. The number of nitrogens with zero attached hydrogens (tertiary/aromatic N) is 4. The fraction of sp³-hybridized carbons (Fsp3) is 0.400. The van der Waals surface area contributed by atoms with Gasteiger partial charge in [0.25, 0.3) is 0 Å². The van der Waals surface area contributed by atoms with Crippen LogP contribution in [0.4, 0.5) is 16.3 Å². The van der Waals surface area contributed by atoms with Crippen LogP contribution in [0.3, 0.4) is 0 Å². The van der Waals surface area contributed by atoms with Crippen molar-refractivity contribution >= 4 is 17.5 Å². The molecule has 3 rings (SSSR count). The van der Waals surface area contributed by atoms with Crippen LogP contribution in [0.2, 0.25) is 0 Å². The number of hydrogen-bond donors (Lipinski definition) is 3. The minimum Gasteiger partial charge on any atom is -0.351 e. The summed E-state index contributed by atoms with van der Waals surface area (Å²) in [6.07, 6.45) is 0. The summed E-state index contributed by atoms with van der Waals surface area (Å²) in [6.45, 7) is 5.56. The molecule has 1 fully saturated rings. The number of nitriles is 1. The summed E-state index contributed by atoms with van der Waals surface area (Å²) in [6, 6.07) is 13.0. The molecule has 8 heteroatoms. The van der Waals surface area contributed by atoms with Crippen molar-refractivity contribution < 1.29 is 4.79 Å². The first-order chi connectivity index (χ1) is 13.5. The molecule has 146 valence electrons. The normalized spacial score (nSPS) is 18.8. The lowest BCUT2D eigenvalue weighted by Gasteiger charge is -2.19. The van der Waals surface area contributed by atoms with Gasteiger partial charge in [0.15, 0.2) is 11.5 Å². The number of rotatable bonds is 5. The number of nitrogens with one attached hydrogen (secondary N) is 3. The molecule has 2 aromatic rings. The topological polar surface area (TPSA) is 106 Å². The van der Waals surface area contributed by atoms with Crippen LogP contribution in [0, 0.1) is 11.3 Å². The second kappa shape index (κ2) is 8.67. The van der Waals surface area contributed by atoms with Crippen LogP contribution in [-0.4, -0.2) is 48.4 Å². The van der Waals surface area contributed by atoms with Crippen molar-refractivity contribution in [2.45, 2.75) is 31.8 Å². The Morgan fingerprint density at radius 2 is 1.86 bits per heavy atom. The third-order valence-electron chi connectivity index (χ3n) is 4.93. The first kappa shape index (κ1) is 19.6. The van der Waals surface area contributed by atoms with Gasteiger partial charge in [0.2, 0.25) is 0 Å². The molecule has 2 heterocycles. The van der Waals surface area contributed by atoms with E-state index < -0.39 is 0 Å². The van der Waals surface area contributed by atoms with Crippen molar-refractivity contribution in [3.8, 4) is 6.07 Å². The maximum absolute atomic E-state index is 12.4. The van der Waals surface area contributed by atoms with Crippen molar-refractivity contribution in [1.29, 1.82) is 5.26 Å². The monoisotopic (exact) mass is 379 g/mol. The Morgan fingerprint density at radius 3 is 2.43 bits per heavy atom. The number of amides is 2. The highest BCUT2D eigenvalue weighted by atomic mass is 16.2. The Hall–Kier alpha value is -3.18. The van der Waals surface area contributed by atoms with Gasteiger partial charge in [0, 0.05) is 24.8 Å². The van der Waals surface area contributed by atoms with Crippen molar-refractivity contribution in [2.24, 2.45) is 0 Å². The predicted octanol–water partition coefficient (Wildman–Crippen LogP) is 2.07. The quantitative estimate of drug-likeness (QED) is 0.734. The first-order valence-electron chi connectivity index (χ1n) is 9.33. The Morgan fingerprint density at radius 1 is 1.14 bits per heavy atom. The van der Waals surface area contributed by atoms with E-state index in [0.29, 0.717) is 24.8 Å². The molecule has 0 radical (unpaired) electrons. The summed E-state index contributed by atoms with van der Waals surface area (Å²) in [7, 11) is 1.87. The highest BCUT2D eigenvalue weighted by Gasteiger charge is 2.33. The molecule has 0 unspecified atom stereocenters. The standard InChI is InChI=1S/C20H25N7O/c1-13(2)14-4-6-15(7-5-14)23-20(28)24-18-12-27(11-17(18)22-3)19-9-8-16(10-21)25-26-19/h4-9,13,17-18,22H,11-12H2,1-3H3,(H2,23,24,28)/t17-,18-/m1/s1. The Kier molecular flexibility index (Phi) is 6.06. The Bertz CT molecular complexity index is 842. The molecule has 0 aliphatic carbocycles. The van der Waals surface area contributed by atoms with Crippen molar-refractivity contribution in [3.63, 3.8) is 0 Å². The second-order valence-electron chi connectivity index (χ2n) is 7.17. The van der Waals surface area contributed by atoms with E-state index in [9.17, 15) is 4.79 Å². The van der Waals surface area contributed by atoms with E-state index in [1.807, 2.05) is 42.3 Å². The van der Waals surface area contributed by atoms with Gasteiger partial charge in [0.1, 0.15) is 6.07 Å². The average Bonchev–Trinajstić information content (AvgIpc) is 3.11. The van der Waals surface area contributed by atoms with E-state index in [0.717, 1.165) is 5.69 Å². The van der Waals surface area contributed by atoms with Gasteiger partial charge in [-0.05, 0) is 42.8 Å². The van der Waals surface area contributed by atoms with Crippen molar-refractivity contribution in [3.05, 3.63) is 47.7 Å². The number of urea groups is 1. The number of hydrogen-bond acceptors (Lipinski definition) is 6. The SMILES string of the molecule is CN[C@@H]1CN(c2ccc(C#N)nn2)C[C@H]1NC(=O)Nc1ccc(C(C)C)cc1. The summed E-state index contributed by atoms with van der Waals surface area (Å²) in [5, 5.41) is 26.0. The molecule has 1 aromatic carbocycles. The number of carbonyl (C=O) groups is 1. The fourth-order valence-corrected chi connectivity index (χ4v) is 3.27. The van der Waals surface area contributed by atoms with Crippen molar-refractivity contribution in [1.82, 2.24) is 20.8 Å². The summed E-state index contributed by atoms with van der Waals surface area (Å²) in [5.74, 6) is 1.14. The molecule has 1 aliphatic rings. The number of likely N-dealkylation sites (N-methyl/N-ethyl adjacent to an activating group) is 1. The van der Waals surface area contributed by atoms with Gasteiger partial charge in [-0.1, -0.05) is 26.0 Å². The largest absolute Gasteiger partial charge is 0.351 e. The molecule has 0 spiro atoms. The van der Waals surface area contributed by atoms with Gasteiger partial charge in [-0.3, -0.25) is 0 Å². The predicted molar refractivity (Wildman–Crippen MR) is 108 cm³/mol. The molecule has 1 aliphatic heterocycles. The van der Waals surface area contributed by atoms with Gasteiger partial charge in [-0.25, -0.2) is 4.79 Å². The van der Waals surface area contributed by atoms with E-state index in [4.69, 9.17) is 5.26 Å². The highest BCUT2D eigenvalue weighted by molar-refractivity contribution is 5.89. The molecule has 2 amide bonds. The molecule has 0 saturated carbocycles. The number of carbonyl (C=O) groups excluding carboxylic acids is 1. The van der Waals surface area contributed by atoms with Gasteiger partial charge in [-0.15, -0.1) is 10.2 Å². The Labute approximate surface area is 165 Å². The molecular weight excluding hydrogens is 354 g/mol. The van der Waals surface area contributed by atoms with Crippen LogP contribution in [-0.2, 0) is 0 Å². The lowest BCUT2D eigenvalue weighted by molar-refractivity contribution is 0.247. The zero-order valence-electron chi connectivity index (χ0n) is 16.3. The summed E-state index contributed by atoms with van der Waals surface area (Å²) < 4.78 is 0. The van der Waals surface area contributed by atoms with Gasteiger partial charge in [0.05, 0.1) is 6.04 Å². The summed E-state index contributed by atoms with van der Waals surface area (Å²) >= 11 is 0. The van der Waals surface area contributed by atoms with Crippen LogP contribution >= 0.6 is 0 Å². The third kappa shape index (κ3) is 4.56. The van der Waals surface area contributed by atoms with Crippen LogP contribution in [0.25, 0.3) is 0 Å². The third-order valence-corrected chi connectivity index (χ3v) is 4.93. The van der Waals surface area contributed by atoms with Crippen LogP contribution in [0.15, 0.2) is 36.4 Å². The number of anilines is 2. The fourth-order valence-electron chi connectivity index (χ4n) is 3.27. The lowest BCUT2D eigenvalue weighted by Crippen LogP contribution is -2.49. The van der Waals surface area contributed by atoms with Gasteiger partial charge >= 0.3 is 6.03 Å². The maximum atomic E-state index is 12.4. The number of aromatic nitrogens is 2. The molecule has 0 bridgehead atoms. The second-order valence-corrected chi connectivity index (χ2v) is 7.17. The summed E-state index contributed by atoms with van der Waals surface area (Å²) in [4.78, 5) is 14.5. The highest BCUT2D eigenvalue weighted by Crippen LogP contribution is 2.19. The molecule has 1 aromatic heterocycles. The van der Waals surface area contributed by atoms with E-state index in [1.165, 1.54) is 5.56 Å². The van der Waals surface area contributed by atoms with Crippen molar-refractivity contribution in [2.75, 3.05) is 30.4 Å². The molecular formula is C20H25N7O. The summed E-state index contributed by atoms with van der Waals surface area (Å²) in [5.41, 5.74) is 2.28. The maximum Gasteiger partial charge on any atom is 0.319 e. The van der Waals surface area contributed by atoms with E-state index in [-0.39, 0.29) is 23.8 Å². The molecule has 3 N–H and O–H groups in total. The molecule has 2 atom stereocenters. The van der Waals surface area contributed by atoms with Crippen LogP contribution in [0.1, 0.15) is 31.0 Å². The number of benzene rings is 1. The zero-order valence-corrected chi connectivity index (χ0v) is 16.3. The van der Waals surface area contributed by atoms with Gasteiger partial charge < -0.3 is 20.9 Å². The average molecular weight is 379 g/mol. The van der Waals surface area contributed by atoms with E-state index in [2.05, 4.69) is 40.0 Å². The minimum absolute atomic E-state index is 0.0755. The van der Waals surface area contributed by atoms with E-state index in [1.54, 1.807) is 12.1 Å². The molecule has 28 heavy (non-hydrogen) atoms. The zero-order chi connectivity index (χ0) is 20.1.